The van der Waals surface area contributed by atoms with Crippen LogP contribution < -0.4 is 0 Å². The first kappa shape index (κ1) is 14.2. The number of hydrogen-bond donors (Lipinski definition) is 0. The van der Waals surface area contributed by atoms with Gasteiger partial charge in [-0.1, -0.05) is 73.5 Å². The fraction of sp³-hybridized carbons (Fsp3) is 0.278. The number of alkyl halides is 1. The zero-order chi connectivity index (χ0) is 14.9. The predicted octanol–water partition coefficient (Wildman–Crippen LogP) is 4.49. The molecule has 0 aromatic heterocycles. The highest BCUT2D eigenvalue weighted by molar-refractivity contribution is 6.38. The zero-order valence-corrected chi connectivity index (χ0v) is 12.7. The van der Waals surface area contributed by atoms with Crippen LogP contribution in [0.25, 0.3) is 11.1 Å². The van der Waals surface area contributed by atoms with Crippen molar-refractivity contribution in [3.05, 3.63) is 59.7 Å². The van der Waals surface area contributed by atoms with Crippen molar-refractivity contribution in [3.8, 4) is 11.1 Å². The number of benzene rings is 2. The lowest BCUT2D eigenvalue weighted by Crippen LogP contribution is -2.31. The molecule has 0 bridgehead atoms. The van der Waals surface area contributed by atoms with E-state index in [1.54, 1.807) is 0 Å². The summed E-state index contributed by atoms with van der Waals surface area (Å²) in [6, 6.07) is 15.5. The Morgan fingerprint density at radius 1 is 1.05 bits per heavy atom. The lowest BCUT2D eigenvalue weighted by molar-refractivity contribution is -0.146. The Hall–Kier alpha value is -1.80. The average Bonchev–Trinajstić information content (AvgIpc) is 2.79. The lowest BCUT2D eigenvalue weighted by Gasteiger charge is -2.22. The summed E-state index contributed by atoms with van der Waals surface area (Å²) in [6.45, 7) is 2.47. The second-order valence-corrected chi connectivity index (χ2v) is 5.81. The molecular weight excluding hydrogens is 284 g/mol. The third-order valence-electron chi connectivity index (χ3n) is 3.90. The minimum absolute atomic E-state index is 0.380. The molecule has 1 aliphatic rings. The Morgan fingerprint density at radius 2 is 1.57 bits per heavy atom. The summed E-state index contributed by atoms with van der Waals surface area (Å²) in [5.74, 6) is -0.380. The van der Waals surface area contributed by atoms with Gasteiger partial charge in [0.1, 0.15) is 0 Å². The first-order valence-electron chi connectivity index (χ1n) is 7.25. The van der Waals surface area contributed by atoms with Crippen LogP contribution >= 0.6 is 11.6 Å². The van der Waals surface area contributed by atoms with E-state index in [1.807, 2.05) is 48.5 Å². The molecule has 0 aliphatic heterocycles. The Balaban J connectivity index is 2.07. The Morgan fingerprint density at radius 3 is 2.10 bits per heavy atom. The molecule has 0 spiro atoms. The summed E-state index contributed by atoms with van der Waals surface area (Å²) >= 11 is 6.79. The van der Waals surface area contributed by atoms with Crippen LogP contribution in [0.5, 0.6) is 0 Å². The van der Waals surface area contributed by atoms with Crippen LogP contribution in [0, 0.1) is 0 Å². The van der Waals surface area contributed by atoms with Crippen molar-refractivity contribution in [2.24, 2.45) is 0 Å². The lowest BCUT2D eigenvalue weighted by atomic mass is 9.96. The molecule has 108 valence electrons. The SMILES string of the molecule is CCCCOC(=O)C1(Cl)c2ccccc2-c2ccccc21. The van der Waals surface area contributed by atoms with Gasteiger partial charge >= 0.3 is 5.97 Å². The van der Waals surface area contributed by atoms with E-state index in [1.165, 1.54) is 0 Å². The summed E-state index contributed by atoms with van der Waals surface area (Å²) in [6.07, 6.45) is 1.83. The molecule has 2 aromatic rings. The van der Waals surface area contributed by atoms with E-state index in [0.717, 1.165) is 35.1 Å². The molecule has 0 saturated heterocycles. The first-order valence-corrected chi connectivity index (χ1v) is 7.63. The molecule has 0 atom stereocenters. The van der Waals surface area contributed by atoms with Gasteiger partial charge in [-0.15, -0.1) is 0 Å². The molecule has 0 amide bonds. The second-order valence-electron chi connectivity index (χ2n) is 5.24. The van der Waals surface area contributed by atoms with E-state index in [2.05, 4.69) is 6.92 Å². The number of rotatable bonds is 4. The quantitative estimate of drug-likeness (QED) is 0.472. The number of unbranched alkanes of at least 4 members (excludes halogenated alkanes) is 1. The van der Waals surface area contributed by atoms with Gasteiger partial charge in [-0.05, 0) is 28.7 Å². The van der Waals surface area contributed by atoms with Gasteiger partial charge in [-0.25, -0.2) is 4.79 Å². The van der Waals surface area contributed by atoms with Crippen molar-refractivity contribution < 1.29 is 9.53 Å². The number of hydrogen-bond acceptors (Lipinski definition) is 2. The molecule has 2 nitrogen and oxygen atoms in total. The van der Waals surface area contributed by atoms with Gasteiger partial charge in [0.2, 0.25) is 0 Å². The van der Waals surface area contributed by atoms with Crippen molar-refractivity contribution in [1.29, 1.82) is 0 Å². The average molecular weight is 301 g/mol. The van der Waals surface area contributed by atoms with Gasteiger partial charge in [0.15, 0.2) is 4.87 Å². The maximum atomic E-state index is 12.6. The standard InChI is InChI=1S/C18H17ClO2/c1-2-3-12-21-17(20)18(19)15-10-6-4-8-13(15)14-9-5-7-11-16(14)18/h4-11H,2-3,12H2,1H3. The smallest absolute Gasteiger partial charge is 0.336 e. The largest absolute Gasteiger partial charge is 0.464 e. The minimum Gasteiger partial charge on any atom is -0.464 e. The van der Waals surface area contributed by atoms with Gasteiger partial charge < -0.3 is 4.74 Å². The van der Waals surface area contributed by atoms with E-state index in [-0.39, 0.29) is 5.97 Å². The topological polar surface area (TPSA) is 26.3 Å². The fourth-order valence-corrected chi connectivity index (χ4v) is 3.19. The van der Waals surface area contributed by atoms with Gasteiger partial charge in [-0.3, -0.25) is 0 Å². The van der Waals surface area contributed by atoms with Crippen LogP contribution in [0.3, 0.4) is 0 Å². The molecule has 3 rings (SSSR count). The first-order chi connectivity index (χ1) is 10.2. The molecule has 2 aromatic carbocycles. The van der Waals surface area contributed by atoms with Gasteiger partial charge in [0, 0.05) is 0 Å². The highest BCUT2D eigenvalue weighted by Crippen LogP contribution is 2.51. The molecule has 0 unspecified atom stereocenters. The maximum absolute atomic E-state index is 12.6. The summed E-state index contributed by atoms with van der Waals surface area (Å²) < 4.78 is 5.41. The highest BCUT2D eigenvalue weighted by atomic mass is 35.5. The molecule has 0 radical (unpaired) electrons. The summed E-state index contributed by atoms with van der Waals surface area (Å²) in [4.78, 5) is 11.4. The van der Waals surface area contributed by atoms with Gasteiger partial charge in [0.25, 0.3) is 0 Å². The highest BCUT2D eigenvalue weighted by Gasteiger charge is 2.48. The molecule has 21 heavy (non-hydrogen) atoms. The van der Waals surface area contributed by atoms with E-state index >= 15 is 0 Å². The van der Waals surface area contributed by atoms with E-state index in [9.17, 15) is 4.79 Å². The third kappa shape index (κ3) is 2.14. The number of carbonyl (C=O) groups is 1. The van der Waals surface area contributed by atoms with Crippen LogP contribution in [0.15, 0.2) is 48.5 Å². The normalized spacial score (nSPS) is 14.4. The summed E-state index contributed by atoms with van der Waals surface area (Å²) in [5, 5.41) is 0. The molecule has 0 heterocycles. The van der Waals surface area contributed by atoms with Crippen molar-refractivity contribution in [2.45, 2.75) is 24.6 Å². The number of carbonyl (C=O) groups excluding carboxylic acids is 1. The van der Waals surface area contributed by atoms with Crippen molar-refractivity contribution in [3.63, 3.8) is 0 Å². The van der Waals surface area contributed by atoms with E-state index < -0.39 is 4.87 Å². The molecular formula is C18H17ClO2. The van der Waals surface area contributed by atoms with Crippen molar-refractivity contribution in [2.75, 3.05) is 6.61 Å². The predicted molar refractivity (Wildman–Crippen MR) is 84.4 cm³/mol. The Bertz CT molecular complexity index is 633. The van der Waals surface area contributed by atoms with Gasteiger partial charge in [-0.2, -0.15) is 0 Å². The second kappa shape index (κ2) is 5.53. The van der Waals surface area contributed by atoms with Crippen LogP contribution in [0.2, 0.25) is 0 Å². The molecule has 0 N–H and O–H groups in total. The number of ether oxygens (including phenoxy) is 1. The van der Waals surface area contributed by atoms with Crippen LogP contribution in [0.4, 0.5) is 0 Å². The maximum Gasteiger partial charge on any atom is 0.336 e. The molecule has 0 saturated carbocycles. The van der Waals surface area contributed by atoms with Crippen LogP contribution in [0.1, 0.15) is 30.9 Å². The fourth-order valence-electron chi connectivity index (χ4n) is 2.81. The monoisotopic (exact) mass is 300 g/mol. The third-order valence-corrected chi connectivity index (χ3v) is 4.46. The van der Waals surface area contributed by atoms with Crippen molar-refractivity contribution >= 4 is 17.6 Å². The van der Waals surface area contributed by atoms with Crippen LogP contribution in [-0.2, 0) is 14.4 Å². The molecule has 1 aliphatic carbocycles. The summed E-state index contributed by atoms with van der Waals surface area (Å²) in [7, 11) is 0. The number of esters is 1. The summed E-state index contributed by atoms with van der Waals surface area (Å²) in [5.41, 5.74) is 3.65. The Labute approximate surface area is 129 Å². The minimum atomic E-state index is -1.22. The number of fused-ring (bicyclic) bond motifs is 3. The van der Waals surface area contributed by atoms with Crippen LogP contribution in [-0.4, -0.2) is 12.6 Å². The number of halogens is 1. The molecule has 0 fully saturated rings. The van der Waals surface area contributed by atoms with Crippen molar-refractivity contribution in [1.82, 2.24) is 0 Å². The molecule has 3 heteroatoms. The zero-order valence-electron chi connectivity index (χ0n) is 11.9. The Kier molecular flexibility index (Phi) is 3.73. The van der Waals surface area contributed by atoms with Gasteiger partial charge in [0.05, 0.1) is 6.61 Å². The van der Waals surface area contributed by atoms with E-state index in [0.29, 0.717) is 6.61 Å². The van der Waals surface area contributed by atoms with E-state index in [4.69, 9.17) is 16.3 Å².